The molecule has 0 saturated heterocycles. The van der Waals surface area contributed by atoms with Crippen LogP contribution in [-0.4, -0.2) is 21.5 Å². The van der Waals surface area contributed by atoms with Crippen LogP contribution in [-0.2, 0) is 6.54 Å². The van der Waals surface area contributed by atoms with Gasteiger partial charge in [-0.3, -0.25) is 4.98 Å². The predicted octanol–water partition coefficient (Wildman–Crippen LogP) is 1.65. The zero-order valence-corrected chi connectivity index (χ0v) is 9.22. The van der Waals surface area contributed by atoms with E-state index in [2.05, 4.69) is 27.2 Å². The lowest BCUT2D eigenvalue weighted by Crippen LogP contribution is -2.12. The maximum atomic E-state index is 4.31. The van der Waals surface area contributed by atoms with Crippen molar-refractivity contribution in [3.63, 3.8) is 0 Å². The molecule has 0 spiro atoms. The smallest absolute Gasteiger partial charge is 0.160 e. The quantitative estimate of drug-likeness (QED) is 0.840. The first kappa shape index (κ1) is 10.7. The molecule has 2 heterocycles. The zero-order chi connectivity index (χ0) is 11.2. The van der Waals surface area contributed by atoms with Crippen molar-refractivity contribution < 1.29 is 0 Å². The first-order valence-electron chi connectivity index (χ1n) is 5.32. The van der Waals surface area contributed by atoms with E-state index in [4.69, 9.17) is 0 Å². The van der Waals surface area contributed by atoms with Gasteiger partial charge in [-0.25, -0.2) is 9.97 Å². The lowest BCUT2D eigenvalue weighted by Gasteiger charge is -2.02. The van der Waals surface area contributed by atoms with Gasteiger partial charge in [-0.1, -0.05) is 6.92 Å². The number of rotatable bonds is 4. The van der Waals surface area contributed by atoms with Gasteiger partial charge in [-0.2, -0.15) is 0 Å². The molecule has 4 nitrogen and oxygen atoms in total. The summed E-state index contributed by atoms with van der Waals surface area (Å²) >= 11 is 0. The van der Waals surface area contributed by atoms with Crippen LogP contribution in [0.15, 0.2) is 36.9 Å². The van der Waals surface area contributed by atoms with Gasteiger partial charge in [0.05, 0.1) is 0 Å². The molecule has 4 heteroatoms. The summed E-state index contributed by atoms with van der Waals surface area (Å²) in [6.45, 7) is 3.83. The fourth-order valence-electron chi connectivity index (χ4n) is 1.36. The molecule has 0 bridgehead atoms. The minimum atomic E-state index is 0.716. The van der Waals surface area contributed by atoms with Crippen molar-refractivity contribution in [3.05, 3.63) is 42.5 Å². The Morgan fingerprint density at radius 1 is 1.19 bits per heavy atom. The minimum absolute atomic E-state index is 0.716. The van der Waals surface area contributed by atoms with E-state index in [0.29, 0.717) is 5.82 Å². The van der Waals surface area contributed by atoms with Gasteiger partial charge < -0.3 is 5.32 Å². The third-order valence-electron chi connectivity index (χ3n) is 2.20. The summed E-state index contributed by atoms with van der Waals surface area (Å²) < 4.78 is 0. The highest BCUT2D eigenvalue weighted by Gasteiger charge is 2.00. The van der Waals surface area contributed by atoms with Crippen molar-refractivity contribution in [2.24, 2.45) is 0 Å². The third-order valence-corrected chi connectivity index (χ3v) is 2.20. The van der Waals surface area contributed by atoms with Crippen LogP contribution in [0.25, 0.3) is 11.4 Å². The Bertz CT molecular complexity index is 425. The third kappa shape index (κ3) is 2.61. The van der Waals surface area contributed by atoms with Crippen LogP contribution in [0.2, 0.25) is 0 Å². The Balaban J connectivity index is 2.13. The molecule has 2 rings (SSSR count). The molecule has 1 N–H and O–H groups in total. The van der Waals surface area contributed by atoms with E-state index in [1.54, 1.807) is 12.4 Å². The number of hydrogen-bond acceptors (Lipinski definition) is 4. The number of nitrogens with zero attached hydrogens (tertiary/aromatic N) is 3. The molecule has 16 heavy (non-hydrogen) atoms. The molecule has 0 atom stereocenters. The van der Waals surface area contributed by atoms with Crippen LogP contribution in [0, 0.1) is 0 Å². The maximum Gasteiger partial charge on any atom is 0.160 e. The molecule has 0 unspecified atom stereocenters. The van der Waals surface area contributed by atoms with E-state index >= 15 is 0 Å². The summed E-state index contributed by atoms with van der Waals surface area (Å²) in [7, 11) is 0. The molecule has 0 aliphatic carbocycles. The first-order chi connectivity index (χ1) is 7.90. The number of aromatic nitrogens is 3. The van der Waals surface area contributed by atoms with Crippen molar-refractivity contribution in [3.8, 4) is 11.4 Å². The van der Waals surface area contributed by atoms with E-state index in [9.17, 15) is 0 Å². The molecule has 0 amide bonds. The van der Waals surface area contributed by atoms with Gasteiger partial charge in [0.1, 0.15) is 0 Å². The molecule has 82 valence electrons. The topological polar surface area (TPSA) is 50.7 Å². The molecule has 0 radical (unpaired) electrons. The van der Waals surface area contributed by atoms with Crippen molar-refractivity contribution in [1.29, 1.82) is 0 Å². The maximum absolute atomic E-state index is 4.31. The van der Waals surface area contributed by atoms with Crippen molar-refractivity contribution in [2.45, 2.75) is 13.5 Å². The van der Waals surface area contributed by atoms with Crippen molar-refractivity contribution in [1.82, 2.24) is 20.3 Å². The van der Waals surface area contributed by atoms with Crippen LogP contribution in [0.1, 0.15) is 12.5 Å². The summed E-state index contributed by atoms with van der Waals surface area (Å²) in [5, 5.41) is 3.23. The van der Waals surface area contributed by atoms with Crippen LogP contribution >= 0.6 is 0 Å². The Kier molecular flexibility index (Phi) is 3.56. The molecule has 0 aliphatic rings. The van der Waals surface area contributed by atoms with E-state index in [-0.39, 0.29) is 0 Å². The Morgan fingerprint density at radius 2 is 2.00 bits per heavy atom. The Labute approximate surface area is 94.8 Å². The van der Waals surface area contributed by atoms with Gasteiger partial charge in [0.15, 0.2) is 5.82 Å². The van der Waals surface area contributed by atoms with E-state index in [1.807, 2.05) is 24.5 Å². The average Bonchev–Trinajstić information content (AvgIpc) is 2.38. The summed E-state index contributed by atoms with van der Waals surface area (Å²) in [6, 6.07) is 3.83. The van der Waals surface area contributed by atoms with E-state index < -0.39 is 0 Å². The number of pyridine rings is 1. The summed E-state index contributed by atoms with van der Waals surface area (Å²) in [5.41, 5.74) is 2.03. The summed E-state index contributed by atoms with van der Waals surface area (Å²) in [6.07, 6.45) is 7.19. The zero-order valence-electron chi connectivity index (χ0n) is 9.22. The fourth-order valence-corrected chi connectivity index (χ4v) is 1.36. The summed E-state index contributed by atoms with van der Waals surface area (Å²) in [4.78, 5) is 12.7. The van der Waals surface area contributed by atoms with Gasteiger partial charge >= 0.3 is 0 Å². The highest BCUT2D eigenvalue weighted by Crippen LogP contribution is 2.11. The lowest BCUT2D eigenvalue weighted by molar-refractivity contribution is 0.721. The fraction of sp³-hybridized carbons (Fsp3) is 0.250. The van der Waals surface area contributed by atoms with Crippen molar-refractivity contribution in [2.75, 3.05) is 6.54 Å². The molecular formula is C12H14N4. The molecule has 0 aromatic carbocycles. The van der Waals surface area contributed by atoms with Gasteiger partial charge in [0.2, 0.25) is 0 Å². The van der Waals surface area contributed by atoms with Gasteiger partial charge in [0, 0.05) is 42.5 Å². The molecular weight excluding hydrogens is 200 g/mol. The summed E-state index contributed by atoms with van der Waals surface area (Å²) in [5.74, 6) is 0.716. The second-order valence-corrected chi connectivity index (χ2v) is 3.44. The van der Waals surface area contributed by atoms with Crippen LogP contribution in [0.3, 0.4) is 0 Å². The Morgan fingerprint density at radius 3 is 2.62 bits per heavy atom. The van der Waals surface area contributed by atoms with Crippen LogP contribution in [0.5, 0.6) is 0 Å². The standard InChI is InChI=1S/C12H14N4/c1-2-13-6-10-7-15-12(16-8-10)11-4-3-5-14-9-11/h3-5,7-9,13H,2,6H2,1H3. The normalized spacial score (nSPS) is 10.3. The van der Waals surface area contributed by atoms with Crippen LogP contribution < -0.4 is 5.32 Å². The predicted molar refractivity (Wildman–Crippen MR) is 62.6 cm³/mol. The molecule has 0 aliphatic heterocycles. The van der Waals surface area contributed by atoms with Gasteiger partial charge in [-0.05, 0) is 18.7 Å². The second kappa shape index (κ2) is 5.32. The minimum Gasteiger partial charge on any atom is -0.313 e. The van der Waals surface area contributed by atoms with Crippen molar-refractivity contribution >= 4 is 0 Å². The average molecular weight is 214 g/mol. The highest BCUT2D eigenvalue weighted by atomic mass is 14.9. The highest BCUT2D eigenvalue weighted by molar-refractivity contribution is 5.52. The van der Waals surface area contributed by atoms with E-state index in [1.165, 1.54) is 0 Å². The lowest BCUT2D eigenvalue weighted by atomic mass is 10.2. The van der Waals surface area contributed by atoms with Gasteiger partial charge in [0.25, 0.3) is 0 Å². The molecule has 0 saturated carbocycles. The largest absolute Gasteiger partial charge is 0.313 e. The molecule has 2 aromatic rings. The molecule has 0 fully saturated rings. The Hall–Kier alpha value is -1.81. The van der Waals surface area contributed by atoms with E-state index in [0.717, 1.165) is 24.2 Å². The number of nitrogens with one attached hydrogen (secondary N) is 1. The second-order valence-electron chi connectivity index (χ2n) is 3.44. The van der Waals surface area contributed by atoms with Crippen LogP contribution in [0.4, 0.5) is 0 Å². The SMILES string of the molecule is CCNCc1cnc(-c2cccnc2)nc1. The monoisotopic (exact) mass is 214 g/mol. The first-order valence-corrected chi connectivity index (χ1v) is 5.32. The number of hydrogen-bond donors (Lipinski definition) is 1. The van der Waals surface area contributed by atoms with Gasteiger partial charge in [-0.15, -0.1) is 0 Å². The molecule has 2 aromatic heterocycles.